The Morgan fingerprint density at radius 3 is 2.20 bits per heavy atom. The van der Waals surface area contributed by atoms with Gasteiger partial charge in [-0.3, -0.25) is 4.79 Å². The van der Waals surface area contributed by atoms with Gasteiger partial charge in [0.1, 0.15) is 0 Å². The van der Waals surface area contributed by atoms with Gasteiger partial charge in [-0.05, 0) is 74.9 Å². The second-order valence-corrected chi connectivity index (χ2v) is 10.1. The number of benzene rings is 2. The first-order valence-corrected chi connectivity index (χ1v) is 13.7. The van der Waals surface area contributed by atoms with Crippen LogP contribution in [0.2, 0.25) is 0 Å². The van der Waals surface area contributed by atoms with Gasteiger partial charge in [0.05, 0.1) is 39.6 Å². The Morgan fingerprint density at radius 2 is 1.55 bits per heavy atom. The maximum Gasteiger partial charge on any atom is 0.337 e. The molecule has 3 atom stereocenters. The fraction of sp³-hybridized carbons (Fsp3) is 0.438. The number of hydrogen-bond acceptors (Lipinski definition) is 8. The van der Waals surface area contributed by atoms with Crippen molar-refractivity contribution in [3.8, 4) is 23.0 Å². The molecule has 1 aliphatic carbocycles. The average Bonchev–Trinajstić information content (AvgIpc) is 2.96. The first-order chi connectivity index (χ1) is 19.3. The molecule has 0 radical (unpaired) electrons. The highest BCUT2D eigenvalue weighted by Crippen LogP contribution is 2.47. The van der Waals surface area contributed by atoms with Gasteiger partial charge in [-0.2, -0.15) is 0 Å². The molecule has 0 fully saturated rings. The molecule has 0 unspecified atom stereocenters. The number of Topliss-reactive ketones (excluding diaryl/α,β-unsaturated/α-hetero) is 1. The van der Waals surface area contributed by atoms with Crippen LogP contribution < -0.4 is 24.3 Å². The fourth-order valence-corrected chi connectivity index (χ4v) is 5.45. The monoisotopic (exact) mass is 549 g/mol. The molecule has 8 heteroatoms. The Kier molecular flexibility index (Phi) is 9.07. The lowest BCUT2D eigenvalue weighted by Crippen LogP contribution is -2.36. The van der Waals surface area contributed by atoms with Crippen molar-refractivity contribution in [1.82, 2.24) is 5.32 Å². The zero-order chi connectivity index (χ0) is 29.0. The van der Waals surface area contributed by atoms with E-state index in [1.165, 1.54) is 0 Å². The van der Waals surface area contributed by atoms with E-state index in [1.54, 1.807) is 21.3 Å². The van der Waals surface area contributed by atoms with Crippen LogP contribution in [0.15, 0.2) is 58.9 Å². The van der Waals surface area contributed by atoms with Crippen LogP contribution in [0.5, 0.6) is 23.0 Å². The van der Waals surface area contributed by atoms with Gasteiger partial charge < -0.3 is 29.0 Å². The number of methoxy groups -OCH3 is 3. The highest BCUT2D eigenvalue weighted by Gasteiger charge is 2.42. The van der Waals surface area contributed by atoms with E-state index < -0.39 is 11.9 Å². The number of nitrogens with one attached hydrogen (secondary N) is 1. The number of rotatable bonds is 10. The number of hydrogen-bond donors (Lipinski definition) is 1. The third-order valence-electron chi connectivity index (χ3n) is 7.63. The summed E-state index contributed by atoms with van der Waals surface area (Å²) in [6.07, 6.45) is 1.34. The molecule has 1 aliphatic heterocycles. The highest BCUT2D eigenvalue weighted by molar-refractivity contribution is 6.04. The minimum atomic E-state index is -0.601. The lowest BCUT2D eigenvalue weighted by molar-refractivity contribution is -0.144. The first-order valence-electron chi connectivity index (χ1n) is 13.7. The summed E-state index contributed by atoms with van der Waals surface area (Å²) in [5.74, 6) is 1.28. The predicted octanol–water partition coefficient (Wildman–Crippen LogP) is 5.81. The summed E-state index contributed by atoms with van der Waals surface area (Å²) in [7, 11) is 4.77. The van der Waals surface area contributed by atoms with Crippen molar-refractivity contribution in [2.75, 3.05) is 27.9 Å². The highest BCUT2D eigenvalue weighted by atomic mass is 16.5. The summed E-state index contributed by atoms with van der Waals surface area (Å²) in [5, 5.41) is 3.41. The van der Waals surface area contributed by atoms with Crippen molar-refractivity contribution in [1.29, 1.82) is 0 Å². The molecule has 0 amide bonds. The molecule has 2 aromatic carbocycles. The van der Waals surface area contributed by atoms with Crippen LogP contribution in [0.25, 0.3) is 0 Å². The smallest absolute Gasteiger partial charge is 0.337 e. The van der Waals surface area contributed by atoms with Crippen molar-refractivity contribution in [3.05, 3.63) is 70.1 Å². The van der Waals surface area contributed by atoms with Crippen LogP contribution in [0.3, 0.4) is 0 Å². The summed E-state index contributed by atoms with van der Waals surface area (Å²) in [6.45, 7) is 8.08. The van der Waals surface area contributed by atoms with Crippen molar-refractivity contribution >= 4 is 11.8 Å². The van der Waals surface area contributed by atoms with Gasteiger partial charge in [0, 0.05) is 29.3 Å². The van der Waals surface area contributed by atoms with Gasteiger partial charge in [-0.25, -0.2) is 4.79 Å². The van der Waals surface area contributed by atoms with E-state index in [2.05, 4.69) is 5.32 Å². The Labute approximate surface area is 236 Å². The zero-order valence-corrected chi connectivity index (χ0v) is 24.4. The van der Waals surface area contributed by atoms with E-state index in [9.17, 15) is 9.59 Å². The van der Waals surface area contributed by atoms with Gasteiger partial charge in [-0.15, -0.1) is 0 Å². The quantitative estimate of drug-likeness (QED) is 0.371. The maximum atomic E-state index is 14.0. The zero-order valence-electron chi connectivity index (χ0n) is 24.4. The molecule has 2 aromatic rings. The Balaban J connectivity index is 1.80. The van der Waals surface area contributed by atoms with Gasteiger partial charge in [0.25, 0.3) is 0 Å². The maximum absolute atomic E-state index is 14.0. The molecule has 0 saturated heterocycles. The average molecular weight is 550 g/mol. The molecule has 8 nitrogen and oxygen atoms in total. The van der Waals surface area contributed by atoms with Gasteiger partial charge in [0.15, 0.2) is 28.8 Å². The number of carbonyl (C=O) groups is 2. The summed E-state index contributed by atoms with van der Waals surface area (Å²) < 4.78 is 28.0. The molecule has 1 heterocycles. The number of esters is 1. The van der Waals surface area contributed by atoms with Crippen LogP contribution in [-0.2, 0) is 14.3 Å². The molecule has 214 valence electrons. The fourth-order valence-electron chi connectivity index (χ4n) is 5.45. The molecule has 0 spiro atoms. The van der Waals surface area contributed by atoms with Gasteiger partial charge >= 0.3 is 5.97 Å². The summed E-state index contributed by atoms with van der Waals surface area (Å²) in [4.78, 5) is 27.5. The van der Waals surface area contributed by atoms with E-state index in [1.807, 2.05) is 64.1 Å². The topological polar surface area (TPSA) is 92.3 Å². The molecule has 40 heavy (non-hydrogen) atoms. The minimum Gasteiger partial charge on any atom is -0.493 e. The summed E-state index contributed by atoms with van der Waals surface area (Å²) in [6, 6.07) is 11.3. The first kappa shape index (κ1) is 29.1. The van der Waals surface area contributed by atoms with E-state index in [0.29, 0.717) is 65.7 Å². The van der Waals surface area contributed by atoms with E-state index in [4.69, 9.17) is 23.7 Å². The molecule has 1 N–H and O–H groups in total. The second kappa shape index (κ2) is 12.5. The minimum absolute atomic E-state index is 0.0206. The third-order valence-corrected chi connectivity index (χ3v) is 7.63. The van der Waals surface area contributed by atoms with Crippen LogP contribution in [0.1, 0.15) is 69.9 Å². The van der Waals surface area contributed by atoms with E-state index in [0.717, 1.165) is 16.8 Å². The second-order valence-electron chi connectivity index (χ2n) is 10.1. The lowest BCUT2D eigenvalue weighted by atomic mass is 9.71. The van der Waals surface area contributed by atoms with Crippen molar-refractivity contribution in [2.45, 2.75) is 64.9 Å². The SMILES string of the molecule is CCOc1ccc([C@H]2C(C(=O)O[C@H](C)CC)=C(C)NC3=C2C(=O)C[C@H](c2ccc(OC)c(OC)c2)C3)cc1OC. The molecular weight excluding hydrogens is 510 g/mol. The molecular formula is C32H39NO7. The largest absolute Gasteiger partial charge is 0.493 e. The number of allylic oxidation sites excluding steroid dienone is 3. The number of carbonyl (C=O) groups excluding carboxylic acids is 2. The van der Waals surface area contributed by atoms with Crippen molar-refractivity contribution < 1.29 is 33.3 Å². The third kappa shape index (κ3) is 5.67. The Hall–Kier alpha value is -3.94. The standard InChI is InChI=1S/C32H39NO7/c1-8-18(3)40-32(35)29-19(4)33-23-14-22(20-10-12-25(36-5)27(16-20)37-6)15-24(34)31(23)30(29)21-11-13-26(39-9-2)28(17-21)38-7/h10-13,16-18,22,30,33H,8-9,14-15H2,1-7H3/t18-,22-,30+/m1/s1. The predicted molar refractivity (Wildman–Crippen MR) is 152 cm³/mol. The van der Waals surface area contributed by atoms with Crippen LogP contribution in [0, 0.1) is 0 Å². The van der Waals surface area contributed by atoms with Crippen molar-refractivity contribution in [2.24, 2.45) is 0 Å². The van der Waals surface area contributed by atoms with E-state index in [-0.39, 0.29) is 17.8 Å². The van der Waals surface area contributed by atoms with Gasteiger partial charge in [-0.1, -0.05) is 19.1 Å². The van der Waals surface area contributed by atoms with Crippen LogP contribution >= 0.6 is 0 Å². The lowest BCUT2D eigenvalue weighted by Gasteiger charge is -2.37. The Morgan fingerprint density at radius 1 is 0.925 bits per heavy atom. The van der Waals surface area contributed by atoms with Crippen molar-refractivity contribution in [3.63, 3.8) is 0 Å². The molecule has 2 aliphatic rings. The number of ether oxygens (including phenoxy) is 5. The van der Waals surface area contributed by atoms with Crippen LogP contribution in [-0.4, -0.2) is 45.8 Å². The molecule has 4 rings (SSSR count). The number of dihydropyridines is 1. The Bertz CT molecular complexity index is 1340. The normalized spacial score (nSPS) is 19.4. The molecule has 0 aromatic heterocycles. The van der Waals surface area contributed by atoms with Gasteiger partial charge in [0.2, 0.25) is 0 Å². The number of ketones is 1. The molecule has 0 saturated carbocycles. The summed E-state index contributed by atoms with van der Waals surface area (Å²) >= 11 is 0. The van der Waals surface area contributed by atoms with Crippen LogP contribution in [0.4, 0.5) is 0 Å². The summed E-state index contributed by atoms with van der Waals surface area (Å²) in [5.41, 5.74) is 4.26. The molecule has 0 bridgehead atoms. The van der Waals surface area contributed by atoms with E-state index >= 15 is 0 Å².